The number of nitrogens with zero attached hydrogens (tertiary/aromatic N) is 5. The minimum absolute atomic E-state index is 0.170. The number of rotatable bonds is 3. The first-order chi connectivity index (χ1) is 13.9. The molecule has 0 saturated carbocycles. The number of hydrogen-bond acceptors (Lipinski definition) is 5. The highest BCUT2D eigenvalue weighted by Crippen LogP contribution is 2.32. The second-order valence-electron chi connectivity index (χ2n) is 7.28. The first-order valence-electron chi connectivity index (χ1n) is 9.70. The number of benzene rings is 1. The third kappa shape index (κ3) is 4.28. The lowest BCUT2D eigenvalue weighted by Gasteiger charge is -2.36. The van der Waals surface area contributed by atoms with E-state index in [2.05, 4.69) is 14.9 Å². The minimum atomic E-state index is -4.37. The first-order valence-corrected chi connectivity index (χ1v) is 9.70. The minimum Gasteiger partial charge on any atom is -0.368 e. The zero-order chi connectivity index (χ0) is 20.4. The van der Waals surface area contributed by atoms with E-state index < -0.39 is 11.7 Å². The summed E-state index contributed by atoms with van der Waals surface area (Å²) in [5, 5.41) is 0. The number of halogens is 3. The van der Waals surface area contributed by atoms with E-state index >= 15 is 0 Å². The molecule has 1 aromatic carbocycles. The summed E-state index contributed by atoms with van der Waals surface area (Å²) >= 11 is 0. The zero-order valence-electron chi connectivity index (χ0n) is 15.9. The summed E-state index contributed by atoms with van der Waals surface area (Å²) in [6, 6.07) is 7.03. The standard InChI is InChI=1S/C20H22F3N5O/c21-20(22,23)15-4-3-5-16(12-15)26-8-10-28(11-9-26)19(29)17-13-18(25-14-24-17)27-6-1-2-7-27/h3-5,12-14H,1-2,6-11H2. The van der Waals surface area contributed by atoms with E-state index in [1.807, 2.05) is 4.90 Å². The summed E-state index contributed by atoms with van der Waals surface area (Å²) < 4.78 is 38.8. The van der Waals surface area contributed by atoms with Gasteiger partial charge in [0.25, 0.3) is 5.91 Å². The van der Waals surface area contributed by atoms with Gasteiger partial charge in [0.05, 0.1) is 5.56 Å². The van der Waals surface area contributed by atoms with Gasteiger partial charge < -0.3 is 14.7 Å². The van der Waals surface area contributed by atoms with Gasteiger partial charge in [-0.1, -0.05) is 6.07 Å². The lowest BCUT2D eigenvalue weighted by Crippen LogP contribution is -2.49. The van der Waals surface area contributed by atoms with Crippen molar-refractivity contribution in [2.75, 3.05) is 49.1 Å². The van der Waals surface area contributed by atoms with Crippen molar-refractivity contribution in [2.24, 2.45) is 0 Å². The Morgan fingerprint density at radius 3 is 2.31 bits per heavy atom. The van der Waals surface area contributed by atoms with Crippen molar-refractivity contribution in [1.29, 1.82) is 0 Å². The largest absolute Gasteiger partial charge is 0.416 e. The number of piperazine rings is 1. The van der Waals surface area contributed by atoms with Crippen LogP contribution in [0.1, 0.15) is 28.9 Å². The average molecular weight is 405 g/mol. The molecule has 3 heterocycles. The molecular formula is C20H22F3N5O. The number of carbonyl (C=O) groups excluding carboxylic acids is 1. The van der Waals surface area contributed by atoms with Gasteiger partial charge >= 0.3 is 6.18 Å². The van der Waals surface area contributed by atoms with E-state index in [1.165, 1.54) is 12.4 Å². The molecule has 0 bridgehead atoms. The zero-order valence-corrected chi connectivity index (χ0v) is 15.9. The lowest BCUT2D eigenvalue weighted by atomic mass is 10.1. The number of anilines is 2. The molecule has 1 amide bonds. The molecule has 0 unspecified atom stereocenters. The van der Waals surface area contributed by atoms with Gasteiger partial charge in [-0.05, 0) is 31.0 Å². The van der Waals surface area contributed by atoms with Crippen LogP contribution in [-0.4, -0.2) is 60.0 Å². The maximum Gasteiger partial charge on any atom is 0.416 e. The van der Waals surface area contributed by atoms with E-state index in [4.69, 9.17) is 0 Å². The molecule has 2 aliphatic heterocycles. The van der Waals surface area contributed by atoms with Crippen LogP contribution in [0.15, 0.2) is 36.7 Å². The third-order valence-electron chi connectivity index (χ3n) is 5.41. The van der Waals surface area contributed by atoms with Gasteiger partial charge in [0.2, 0.25) is 0 Å². The van der Waals surface area contributed by atoms with Gasteiger partial charge in [0.15, 0.2) is 0 Å². The molecule has 0 spiro atoms. The topological polar surface area (TPSA) is 52.6 Å². The van der Waals surface area contributed by atoms with Crippen LogP contribution in [0, 0.1) is 0 Å². The van der Waals surface area contributed by atoms with Crippen LogP contribution >= 0.6 is 0 Å². The van der Waals surface area contributed by atoms with Crippen molar-refractivity contribution in [3.05, 3.63) is 47.9 Å². The summed E-state index contributed by atoms with van der Waals surface area (Å²) in [6.45, 7) is 3.66. The average Bonchev–Trinajstić information content (AvgIpc) is 3.28. The second kappa shape index (κ2) is 7.88. The summed E-state index contributed by atoms with van der Waals surface area (Å²) in [5.41, 5.74) is 0.212. The Labute approximate surface area is 167 Å². The molecule has 0 radical (unpaired) electrons. The van der Waals surface area contributed by atoms with Gasteiger partial charge in [-0.2, -0.15) is 13.2 Å². The molecule has 2 aliphatic rings. The SMILES string of the molecule is O=C(c1cc(N2CCCC2)ncn1)N1CCN(c2cccc(C(F)(F)F)c2)CC1. The Bertz CT molecular complexity index is 874. The number of aromatic nitrogens is 2. The molecular weight excluding hydrogens is 383 g/mol. The number of amides is 1. The predicted octanol–water partition coefficient (Wildman–Crippen LogP) is 3.06. The first kappa shape index (κ1) is 19.5. The number of carbonyl (C=O) groups is 1. The van der Waals surface area contributed by atoms with Gasteiger partial charge in [-0.25, -0.2) is 9.97 Å². The third-order valence-corrected chi connectivity index (χ3v) is 5.41. The van der Waals surface area contributed by atoms with E-state index in [0.717, 1.165) is 43.9 Å². The van der Waals surface area contributed by atoms with Crippen LogP contribution in [0.25, 0.3) is 0 Å². The van der Waals surface area contributed by atoms with E-state index in [9.17, 15) is 18.0 Å². The normalized spacial score (nSPS) is 17.7. The van der Waals surface area contributed by atoms with E-state index in [0.29, 0.717) is 37.6 Å². The highest BCUT2D eigenvalue weighted by molar-refractivity contribution is 5.93. The molecule has 6 nitrogen and oxygen atoms in total. The van der Waals surface area contributed by atoms with Crippen molar-refractivity contribution in [2.45, 2.75) is 19.0 Å². The Morgan fingerprint density at radius 1 is 0.897 bits per heavy atom. The van der Waals surface area contributed by atoms with Crippen molar-refractivity contribution >= 4 is 17.4 Å². The van der Waals surface area contributed by atoms with Gasteiger partial charge in [-0.3, -0.25) is 4.79 Å². The molecule has 154 valence electrons. The highest BCUT2D eigenvalue weighted by Gasteiger charge is 2.31. The molecule has 1 aromatic heterocycles. The number of alkyl halides is 3. The van der Waals surface area contributed by atoms with E-state index in [1.54, 1.807) is 17.0 Å². The fraction of sp³-hybridized carbons (Fsp3) is 0.450. The van der Waals surface area contributed by atoms with Crippen molar-refractivity contribution in [1.82, 2.24) is 14.9 Å². The van der Waals surface area contributed by atoms with Gasteiger partial charge in [0, 0.05) is 51.0 Å². The predicted molar refractivity (Wildman–Crippen MR) is 103 cm³/mol. The van der Waals surface area contributed by atoms with Crippen LogP contribution < -0.4 is 9.80 Å². The second-order valence-corrected chi connectivity index (χ2v) is 7.28. The molecule has 4 rings (SSSR count). The Balaban J connectivity index is 1.41. The number of hydrogen-bond donors (Lipinski definition) is 0. The quantitative estimate of drug-likeness (QED) is 0.786. The van der Waals surface area contributed by atoms with E-state index in [-0.39, 0.29) is 5.91 Å². The summed E-state index contributed by atoms with van der Waals surface area (Å²) in [5.74, 6) is 0.597. The maximum atomic E-state index is 12.9. The van der Waals surface area contributed by atoms with Crippen molar-refractivity contribution < 1.29 is 18.0 Å². The van der Waals surface area contributed by atoms with Gasteiger partial charge in [-0.15, -0.1) is 0 Å². The molecule has 0 N–H and O–H groups in total. The Morgan fingerprint density at radius 2 is 1.62 bits per heavy atom. The van der Waals surface area contributed by atoms with Crippen LogP contribution in [0.4, 0.5) is 24.7 Å². The van der Waals surface area contributed by atoms with Crippen LogP contribution in [0.3, 0.4) is 0 Å². The summed E-state index contributed by atoms with van der Waals surface area (Å²) in [6.07, 6.45) is -0.719. The molecule has 29 heavy (non-hydrogen) atoms. The monoisotopic (exact) mass is 405 g/mol. The van der Waals surface area contributed by atoms with Crippen LogP contribution in [-0.2, 0) is 6.18 Å². The molecule has 0 aliphatic carbocycles. The molecule has 2 fully saturated rings. The molecule has 2 saturated heterocycles. The fourth-order valence-corrected chi connectivity index (χ4v) is 3.79. The summed E-state index contributed by atoms with van der Waals surface area (Å²) in [4.78, 5) is 27.0. The Hall–Kier alpha value is -2.84. The van der Waals surface area contributed by atoms with Crippen molar-refractivity contribution in [3.8, 4) is 0 Å². The fourth-order valence-electron chi connectivity index (χ4n) is 3.79. The van der Waals surface area contributed by atoms with Crippen molar-refractivity contribution in [3.63, 3.8) is 0 Å². The van der Waals surface area contributed by atoms with Crippen LogP contribution in [0.2, 0.25) is 0 Å². The maximum absolute atomic E-state index is 12.9. The lowest BCUT2D eigenvalue weighted by molar-refractivity contribution is -0.137. The molecule has 9 heteroatoms. The molecule has 2 aromatic rings. The van der Waals surface area contributed by atoms with Crippen LogP contribution in [0.5, 0.6) is 0 Å². The summed E-state index contributed by atoms with van der Waals surface area (Å²) in [7, 11) is 0. The smallest absolute Gasteiger partial charge is 0.368 e. The molecule has 0 atom stereocenters. The van der Waals surface area contributed by atoms with Gasteiger partial charge in [0.1, 0.15) is 17.8 Å². The highest BCUT2D eigenvalue weighted by atomic mass is 19.4. The Kier molecular flexibility index (Phi) is 5.29.